The van der Waals surface area contributed by atoms with Crippen molar-refractivity contribution < 1.29 is 0 Å². The van der Waals surface area contributed by atoms with Gasteiger partial charge in [0.25, 0.3) is 0 Å². The zero-order chi connectivity index (χ0) is 11.1. The fourth-order valence-corrected chi connectivity index (χ4v) is 3.67. The van der Waals surface area contributed by atoms with E-state index in [2.05, 4.69) is 35.0 Å². The van der Waals surface area contributed by atoms with Crippen molar-refractivity contribution in [3.05, 3.63) is 18.2 Å². The Labute approximate surface area is 97.3 Å². The Morgan fingerprint density at radius 2 is 2.25 bits per heavy atom. The normalized spacial score (nSPS) is 33.8. The van der Waals surface area contributed by atoms with Gasteiger partial charge >= 0.3 is 0 Å². The van der Waals surface area contributed by atoms with E-state index >= 15 is 0 Å². The van der Waals surface area contributed by atoms with Crippen LogP contribution in [-0.2, 0) is 7.05 Å². The minimum absolute atomic E-state index is 0.486. The second kappa shape index (κ2) is 3.88. The van der Waals surface area contributed by atoms with Crippen LogP contribution >= 0.6 is 0 Å². The molecule has 0 amide bonds. The molecule has 2 aliphatic rings. The summed E-state index contributed by atoms with van der Waals surface area (Å²) in [6.07, 6.45) is 8.31. The molecule has 1 N–H and O–H groups in total. The lowest BCUT2D eigenvalue weighted by Crippen LogP contribution is -2.27. The molecule has 88 valence electrons. The highest BCUT2D eigenvalue weighted by molar-refractivity contribution is 5.13. The van der Waals surface area contributed by atoms with Crippen LogP contribution < -0.4 is 5.32 Å². The van der Waals surface area contributed by atoms with Crippen LogP contribution in [0.15, 0.2) is 12.4 Å². The van der Waals surface area contributed by atoms with E-state index < -0.39 is 0 Å². The van der Waals surface area contributed by atoms with E-state index in [1.807, 2.05) is 6.20 Å². The van der Waals surface area contributed by atoms with E-state index in [1.165, 1.54) is 25.1 Å². The zero-order valence-corrected chi connectivity index (χ0v) is 10.2. The van der Waals surface area contributed by atoms with Crippen molar-refractivity contribution in [3.8, 4) is 0 Å². The van der Waals surface area contributed by atoms with Gasteiger partial charge in [-0.2, -0.15) is 0 Å². The number of aromatic nitrogens is 2. The Bertz CT molecular complexity index is 361. The number of nitrogens with zero attached hydrogens (tertiary/aromatic N) is 2. The molecule has 0 bridgehead atoms. The molecule has 0 spiro atoms. The van der Waals surface area contributed by atoms with Gasteiger partial charge in [0, 0.05) is 19.4 Å². The van der Waals surface area contributed by atoms with Crippen molar-refractivity contribution in [3.63, 3.8) is 0 Å². The topological polar surface area (TPSA) is 29.9 Å². The van der Waals surface area contributed by atoms with Gasteiger partial charge in [-0.3, -0.25) is 0 Å². The number of imidazole rings is 1. The van der Waals surface area contributed by atoms with Crippen molar-refractivity contribution in [2.45, 2.75) is 32.2 Å². The van der Waals surface area contributed by atoms with Gasteiger partial charge in [-0.05, 0) is 37.1 Å². The van der Waals surface area contributed by atoms with Crippen LogP contribution in [-0.4, -0.2) is 16.1 Å². The number of fused-ring (bicyclic) bond motifs is 1. The maximum Gasteiger partial charge on any atom is 0.125 e. The van der Waals surface area contributed by atoms with Crippen LogP contribution in [0.4, 0.5) is 0 Å². The van der Waals surface area contributed by atoms with Gasteiger partial charge in [0.15, 0.2) is 0 Å². The highest BCUT2D eigenvalue weighted by Gasteiger charge is 2.56. The van der Waals surface area contributed by atoms with Crippen molar-refractivity contribution in [1.82, 2.24) is 14.9 Å². The van der Waals surface area contributed by atoms with E-state index in [9.17, 15) is 0 Å². The van der Waals surface area contributed by atoms with Gasteiger partial charge in [0.1, 0.15) is 5.82 Å². The van der Waals surface area contributed by atoms with Crippen LogP contribution in [0.2, 0.25) is 0 Å². The van der Waals surface area contributed by atoms with E-state index in [-0.39, 0.29) is 0 Å². The largest absolute Gasteiger partial charge is 0.337 e. The van der Waals surface area contributed by atoms with E-state index in [0.717, 1.165) is 24.3 Å². The highest BCUT2D eigenvalue weighted by atomic mass is 15.1. The van der Waals surface area contributed by atoms with Gasteiger partial charge in [0.05, 0.1) is 6.04 Å². The monoisotopic (exact) mass is 219 g/mol. The molecule has 3 nitrogen and oxygen atoms in total. The predicted octanol–water partition coefficient (Wildman–Crippen LogP) is 2.12. The molecule has 3 unspecified atom stereocenters. The first-order valence-corrected chi connectivity index (χ1v) is 6.53. The van der Waals surface area contributed by atoms with E-state index in [1.54, 1.807) is 0 Å². The molecule has 0 radical (unpaired) electrons. The standard InChI is InChI=1S/C13H21N3/c1-3-14-12(13-15-7-8-16(13)2)11-9-5-4-6-10(9)11/h7-12,14H,3-6H2,1-2H3. The summed E-state index contributed by atoms with van der Waals surface area (Å²) in [5.41, 5.74) is 0. The molecule has 1 heterocycles. The third-order valence-corrected chi connectivity index (χ3v) is 4.42. The first kappa shape index (κ1) is 10.3. The summed E-state index contributed by atoms with van der Waals surface area (Å²) in [5.74, 6) is 4.05. The number of hydrogen-bond donors (Lipinski definition) is 1. The van der Waals surface area contributed by atoms with Crippen molar-refractivity contribution in [2.24, 2.45) is 24.8 Å². The van der Waals surface area contributed by atoms with Crippen molar-refractivity contribution >= 4 is 0 Å². The zero-order valence-electron chi connectivity index (χ0n) is 10.2. The molecule has 2 fully saturated rings. The van der Waals surface area contributed by atoms with Crippen LogP contribution in [0, 0.1) is 17.8 Å². The van der Waals surface area contributed by atoms with Crippen LogP contribution in [0.1, 0.15) is 38.1 Å². The first-order chi connectivity index (χ1) is 7.83. The van der Waals surface area contributed by atoms with Crippen LogP contribution in [0.5, 0.6) is 0 Å². The Balaban J connectivity index is 1.80. The third-order valence-electron chi connectivity index (χ3n) is 4.42. The maximum atomic E-state index is 4.52. The summed E-state index contributed by atoms with van der Waals surface area (Å²) in [7, 11) is 2.10. The Hall–Kier alpha value is -0.830. The molecule has 16 heavy (non-hydrogen) atoms. The number of rotatable bonds is 4. The Kier molecular flexibility index (Phi) is 2.51. The summed E-state index contributed by atoms with van der Waals surface area (Å²) >= 11 is 0. The van der Waals surface area contributed by atoms with Gasteiger partial charge in [0.2, 0.25) is 0 Å². The molecular weight excluding hydrogens is 198 g/mol. The van der Waals surface area contributed by atoms with Crippen LogP contribution in [0.25, 0.3) is 0 Å². The average molecular weight is 219 g/mol. The number of aryl methyl sites for hydroxylation is 1. The van der Waals surface area contributed by atoms with Gasteiger partial charge in [-0.1, -0.05) is 13.3 Å². The maximum absolute atomic E-state index is 4.52. The van der Waals surface area contributed by atoms with Crippen molar-refractivity contribution in [1.29, 1.82) is 0 Å². The first-order valence-electron chi connectivity index (χ1n) is 6.53. The quantitative estimate of drug-likeness (QED) is 0.840. The lowest BCUT2D eigenvalue weighted by Gasteiger charge is -2.19. The fraction of sp³-hybridized carbons (Fsp3) is 0.769. The van der Waals surface area contributed by atoms with Gasteiger partial charge in [-0.25, -0.2) is 4.98 Å². The minimum Gasteiger partial charge on any atom is -0.337 e. The molecular formula is C13H21N3. The SMILES string of the molecule is CCNC(c1nccn1C)C1C2CCCC21. The molecule has 0 aromatic carbocycles. The molecule has 1 aromatic heterocycles. The molecule has 0 aliphatic heterocycles. The second-order valence-corrected chi connectivity index (χ2v) is 5.27. The van der Waals surface area contributed by atoms with Crippen molar-refractivity contribution in [2.75, 3.05) is 6.54 Å². The Morgan fingerprint density at radius 1 is 1.50 bits per heavy atom. The van der Waals surface area contributed by atoms with E-state index in [0.29, 0.717) is 6.04 Å². The molecule has 1 aromatic rings. The lowest BCUT2D eigenvalue weighted by atomic mass is 10.0. The lowest BCUT2D eigenvalue weighted by molar-refractivity contribution is 0.401. The summed E-state index contributed by atoms with van der Waals surface area (Å²) in [6, 6.07) is 0.486. The van der Waals surface area contributed by atoms with Gasteiger partial charge < -0.3 is 9.88 Å². The molecule has 0 saturated heterocycles. The fourth-order valence-electron chi connectivity index (χ4n) is 3.67. The second-order valence-electron chi connectivity index (χ2n) is 5.27. The summed E-state index contributed by atoms with van der Waals surface area (Å²) in [5, 5.41) is 3.63. The summed E-state index contributed by atoms with van der Waals surface area (Å²) in [4.78, 5) is 4.52. The molecule has 2 saturated carbocycles. The number of nitrogens with one attached hydrogen (secondary N) is 1. The summed E-state index contributed by atoms with van der Waals surface area (Å²) < 4.78 is 2.17. The average Bonchev–Trinajstić information content (AvgIpc) is 2.69. The smallest absolute Gasteiger partial charge is 0.125 e. The van der Waals surface area contributed by atoms with Gasteiger partial charge in [-0.15, -0.1) is 0 Å². The summed E-state index contributed by atoms with van der Waals surface area (Å²) in [6.45, 7) is 3.22. The molecule has 3 rings (SSSR count). The molecule has 3 heteroatoms. The Morgan fingerprint density at radius 3 is 2.81 bits per heavy atom. The highest BCUT2D eigenvalue weighted by Crippen LogP contribution is 2.61. The third kappa shape index (κ3) is 1.49. The number of hydrogen-bond acceptors (Lipinski definition) is 2. The van der Waals surface area contributed by atoms with Crippen LogP contribution in [0.3, 0.4) is 0 Å². The molecule has 3 atom stereocenters. The predicted molar refractivity (Wildman–Crippen MR) is 63.9 cm³/mol. The minimum atomic E-state index is 0.486. The van der Waals surface area contributed by atoms with E-state index in [4.69, 9.17) is 0 Å². The molecule has 2 aliphatic carbocycles.